The number of hydrogen-bond acceptors (Lipinski definition) is 8. The second-order valence-corrected chi connectivity index (χ2v) is 14.9. The Morgan fingerprint density at radius 2 is 1.82 bits per heavy atom. The zero-order valence-corrected chi connectivity index (χ0v) is 29.4. The van der Waals surface area contributed by atoms with E-state index in [-0.39, 0.29) is 41.7 Å². The van der Waals surface area contributed by atoms with Gasteiger partial charge in [0.15, 0.2) is 11.5 Å². The fraction of sp³-hybridized carbons (Fsp3) is 0.564. The molecule has 2 aromatic carbocycles. The Morgan fingerprint density at radius 1 is 1.04 bits per heavy atom. The van der Waals surface area contributed by atoms with Crippen LogP contribution in [0.15, 0.2) is 54.6 Å². The minimum absolute atomic E-state index is 0.136. The molecule has 10 heteroatoms. The molecular formula is C39H49N3O7. The predicted molar refractivity (Wildman–Crippen MR) is 183 cm³/mol. The first-order valence-corrected chi connectivity index (χ1v) is 17.7. The van der Waals surface area contributed by atoms with Gasteiger partial charge in [0.25, 0.3) is 0 Å². The minimum Gasteiger partial charge on any atom is -0.493 e. The van der Waals surface area contributed by atoms with E-state index < -0.39 is 41.6 Å². The lowest BCUT2D eigenvalue weighted by atomic mass is 9.37. The summed E-state index contributed by atoms with van der Waals surface area (Å²) in [5, 5.41) is 6.08. The van der Waals surface area contributed by atoms with Gasteiger partial charge in [0.05, 0.1) is 25.0 Å². The first-order valence-electron chi connectivity index (χ1n) is 17.7. The average molecular weight is 672 g/mol. The molecule has 4 aliphatic carbocycles. The van der Waals surface area contributed by atoms with Gasteiger partial charge in [-0.25, -0.2) is 4.79 Å². The van der Waals surface area contributed by atoms with Crippen molar-refractivity contribution in [2.24, 2.45) is 17.3 Å². The molecule has 262 valence electrons. The van der Waals surface area contributed by atoms with Crippen LogP contribution >= 0.6 is 0 Å². The normalized spacial score (nSPS) is 31.4. The summed E-state index contributed by atoms with van der Waals surface area (Å²) in [5.41, 5.74) is 1.52. The molecule has 0 radical (unpaired) electrons. The van der Waals surface area contributed by atoms with Gasteiger partial charge in [-0.15, -0.1) is 0 Å². The van der Waals surface area contributed by atoms with Crippen molar-refractivity contribution in [2.75, 3.05) is 34.4 Å². The maximum atomic E-state index is 14.8. The summed E-state index contributed by atoms with van der Waals surface area (Å²) in [6.45, 7) is 6.84. The van der Waals surface area contributed by atoms with Gasteiger partial charge in [-0.2, -0.15) is 0 Å². The second kappa shape index (κ2) is 12.5. The molecule has 8 atom stereocenters. The topological polar surface area (TPSA) is 115 Å². The summed E-state index contributed by atoms with van der Waals surface area (Å²) in [6, 6.07) is 12.2. The molecule has 1 saturated carbocycles. The van der Waals surface area contributed by atoms with E-state index in [0.29, 0.717) is 18.6 Å². The third-order valence-electron chi connectivity index (χ3n) is 12.1. The predicted octanol–water partition coefficient (Wildman–Crippen LogP) is 3.74. The van der Waals surface area contributed by atoms with E-state index in [9.17, 15) is 14.4 Å². The van der Waals surface area contributed by atoms with Gasteiger partial charge >= 0.3 is 5.97 Å². The van der Waals surface area contributed by atoms with Crippen LogP contribution < -0.4 is 20.1 Å². The highest BCUT2D eigenvalue weighted by Gasteiger charge is 2.79. The van der Waals surface area contributed by atoms with Crippen LogP contribution in [-0.4, -0.2) is 86.9 Å². The van der Waals surface area contributed by atoms with Crippen LogP contribution in [0.3, 0.4) is 0 Å². The molecule has 0 unspecified atom stereocenters. The second-order valence-electron chi connectivity index (χ2n) is 14.9. The Hall–Kier alpha value is -3.89. The molecule has 2 spiro atoms. The van der Waals surface area contributed by atoms with Crippen LogP contribution in [0.1, 0.15) is 56.7 Å². The maximum absolute atomic E-state index is 14.8. The summed E-state index contributed by atoms with van der Waals surface area (Å²) in [7, 11) is 5.50. The van der Waals surface area contributed by atoms with Crippen LogP contribution in [0.2, 0.25) is 0 Å². The highest BCUT2D eigenvalue weighted by atomic mass is 16.6. The van der Waals surface area contributed by atoms with Crippen molar-refractivity contribution < 1.29 is 33.3 Å². The lowest BCUT2D eigenvalue weighted by Gasteiger charge is -2.70. The molecule has 2 amide bonds. The number of ether oxygens (including phenoxy) is 4. The highest BCUT2D eigenvalue weighted by molar-refractivity contribution is 5.92. The molecule has 2 aromatic rings. The average Bonchev–Trinajstić information content (AvgIpc) is 3.47. The number of carbonyl (C=O) groups excluding carboxylic acids is 3. The van der Waals surface area contributed by atoms with Crippen molar-refractivity contribution in [1.82, 2.24) is 15.5 Å². The number of likely N-dealkylation sites (tertiary alicyclic amines) is 1. The number of nitrogens with one attached hydrogen (secondary N) is 2. The number of nitrogens with zero attached hydrogens (tertiary/aromatic N) is 1. The lowest BCUT2D eigenvalue weighted by Crippen LogP contribution is -2.80. The van der Waals surface area contributed by atoms with E-state index >= 15 is 0 Å². The van der Waals surface area contributed by atoms with Crippen LogP contribution in [0.25, 0.3) is 0 Å². The Bertz CT molecular complexity index is 1660. The van der Waals surface area contributed by atoms with Crippen molar-refractivity contribution in [3.63, 3.8) is 0 Å². The molecule has 2 heterocycles. The quantitative estimate of drug-likeness (QED) is 0.259. The van der Waals surface area contributed by atoms with Crippen molar-refractivity contribution in [2.45, 2.75) is 88.1 Å². The molecule has 2 fully saturated rings. The van der Waals surface area contributed by atoms with Crippen LogP contribution in [0.4, 0.5) is 0 Å². The van der Waals surface area contributed by atoms with Crippen LogP contribution in [0, 0.1) is 17.3 Å². The molecule has 2 aliphatic heterocycles. The molecule has 8 rings (SSSR count). The van der Waals surface area contributed by atoms with Gasteiger partial charge in [0.1, 0.15) is 23.8 Å². The zero-order valence-electron chi connectivity index (χ0n) is 29.4. The van der Waals surface area contributed by atoms with Crippen molar-refractivity contribution in [1.29, 1.82) is 0 Å². The summed E-state index contributed by atoms with van der Waals surface area (Å²) in [5.74, 6) is -0.226. The number of benzene rings is 2. The largest absolute Gasteiger partial charge is 0.493 e. The number of piperidine rings is 1. The number of likely N-dealkylation sites (N-methyl/N-ethyl adjacent to an activating group) is 1. The Kier molecular flexibility index (Phi) is 8.54. The van der Waals surface area contributed by atoms with Crippen molar-refractivity contribution in [3.05, 3.63) is 71.3 Å². The smallest absolute Gasteiger partial charge is 0.328 e. The van der Waals surface area contributed by atoms with E-state index in [2.05, 4.69) is 40.8 Å². The standard InChI is InChI=1S/C39H49N3O7/c1-7-48-35(45)28(19-23(2)3)41-34(44)27(20-24-11-9-8-10-12-24)40-33(43)26-22-37-15-16-39(26,47-6)36-38(37)17-18-42(4)30(37)21-25-13-14-29(46-5)32(49-36)31(25)38/h8-16,23,26-28,30,36H,7,17-22H2,1-6H3,(H,40,43)(H,41,44)/t26-,27+,28+,30+,36-,37+,38-,39+/m0/s1. The Labute approximate surface area is 288 Å². The molecule has 1 saturated heterocycles. The summed E-state index contributed by atoms with van der Waals surface area (Å²) in [6.07, 6.45) is 6.86. The van der Waals surface area contributed by atoms with Gasteiger partial charge in [-0.05, 0) is 69.3 Å². The number of carbonyl (C=O) groups is 3. The Morgan fingerprint density at radius 3 is 2.51 bits per heavy atom. The lowest BCUT2D eigenvalue weighted by molar-refractivity contribution is -0.214. The molecule has 4 bridgehead atoms. The molecular weight excluding hydrogens is 622 g/mol. The first kappa shape index (κ1) is 33.6. The van der Waals surface area contributed by atoms with E-state index in [1.54, 1.807) is 21.1 Å². The van der Waals surface area contributed by atoms with Crippen LogP contribution in [-0.2, 0) is 42.1 Å². The van der Waals surface area contributed by atoms with Gasteiger partial charge in [0.2, 0.25) is 11.8 Å². The number of rotatable bonds is 12. The third kappa shape index (κ3) is 4.92. The fourth-order valence-electron chi connectivity index (χ4n) is 10.0. The highest BCUT2D eigenvalue weighted by Crippen LogP contribution is 2.74. The van der Waals surface area contributed by atoms with Gasteiger partial charge < -0.3 is 34.5 Å². The number of methoxy groups -OCH3 is 2. The Balaban J connectivity index is 1.25. The number of amides is 2. The summed E-state index contributed by atoms with van der Waals surface area (Å²) < 4.78 is 24.6. The molecule has 49 heavy (non-hydrogen) atoms. The monoisotopic (exact) mass is 671 g/mol. The molecule has 2 N–H and O–H groups in total. The zero-order chi connectivity index (χ0) is 34.7. The SMILES string of the molecule is CCOC(=O)[C@@H](CC(C)C)NC(=O)[C@@H](Cc1ccccc1)NC(=O)[C@@H]1C[C@@]23C=C[C@]1(OC)[C@H]1Oc4c(OC)ccc5c4[C@@]12CCN(C)[C@@H]3C5. The number of hydrogen-bond donors (Lipinski definition) is 2. The van der Waals surface area contributed by atoms with E-state index in [4.69, 9.17) is 18.9 Å². The van der Waals surface area contributed by atoms with Gasteiger partial charge in [-0.3, -0.25) is 9.59 Å². The summed E-state index contributed by atoms with van der Waals surface area (Å²) in [4.78, 5) is 44.2. The number of esters is 1. The molecule has 0 aromatic heterocycles. The first-order chi connectivity index (χ1) is 23.5. The number of fused-ring (bicyclic) bond motifs is 1. The van der Waals surface area contributed by atoms with Gasteiger partial charge in [0, 0.05) is 30.6 Å². The van der Waals surface area contributed by atoms with Gasteiger partial charge in [-0.1, -0.05) is 62.4 Å². The van der Waals surface area contributed by atoms with E-state index in [1.165, 1.54) is 11.1 Å². The van der Waals surface area contributed by atoms with Crippen molar-refractivity contribution in [3.8, 4) is 11.5 Å². The fourth-order valence-corrected chi connectivity index (χ4v) is 10.0. The third-order valence-corrected chi connectivity index (χ3v) is 12.1. The van der Waals surface area contributed by atoms with Crippen LogP contribution in [0.5, 0.6) is 11.5 Å². The summed E-state index contributed by atoms with van der Waals surface area (Å²) >= 11 is 0. The minimum atomic E-state index is -1.08. The molecule has 10 nitrogen and oxygen atoms in total. The van der Waals surface area contributed by atoms with Crippen molar-refractivity contribution >= 4 is 17.8 Å². The van der Waals surface area contributed by atoms with E-state index in [0.717, 1.165) is 30.7 Å². The maximum Gasteiger partial charge on any atom is 0.328 e. The molecule has 6 aliphatic rings. The van der Waals surface area contributed by atoms with E-state index in [1.807, 2.05) is 50.2 Å².